The highest BCUT2D eigenvalue weighted by Crippen LogP contribution is 2.34. The van der Waals surface area contributed by atoms with Crippen LogP contribution in [0.5, 0.6) is 0 Å². The van der Waals surface area contributed by atoms with E-state index in [1.807, 2.05) is 26.0 Å². The Morgan fingerprint density at radius 3 is 2.61 bits per heavy atom. The van der Waals surface area contributed by atoms with Gasteiger partial charge in [-0.1, -0.05) is 23.7 Å². The Balaban J connectivity index is 1.60. The molecule has 1 atom stereocenters. The van der Waals surface area contributed by atoms with Gasteiger partial charge in [-0.3, -0.25) is 4.79 Å². The van der Waals surface area contributed by atoms with E-state index in [0.29, 0.717) is 33.1 Å². The summed E-state index contributed by atoms with van der Waals surface area (Å²) in [5.41, 5.74) is 3.54. The molecule has 8 heteroatoms. The van der Waals surface area contributed by atoms with Gasteiger partial charge in [-0.25, -0.2) is 9.59 Å². The van der Waals surface area contributed by atoms with Gasteiger partial charge in [-0.15, -0.1) is 11.3 Å². The number of anilines is 1. The van der Waals surface area contributed by atoms with Crippen LogP contribution in [0.15, 0.2) is 42.5 Å². The van der Waals surface area contributed by atoms with Crippen LogP contribution in [-0.2, 0) is 15.9 Å². The molecule has 4 rings (SSSR count). The first kappa shape index (κ1) is 23.0. The smallest absolute Gasteiger partial charge is 0.341 e. The molecule has 1 amide bonds. The third kappa shape index (κ3) is 4.65. The molecule has 0 bridgehead atoms. The lowest BCUT2D eigenvalue weighted by Gasteiger charge is -2.25. The number of amides is 1. The first-order valence-electron chi connectivity index (χ1n) is 10.5. The van der Waals surface area contributed by atoms with Crippen LogP contribution in [0.2, 0.25) is 5.02 Å². The Bertz CT molecular complexity index is 1250. The summed E-state index contributed by atoms with van der Waals surface area (Å²) in [5, 5.41) is 3.89. The topological polar surface area (TPSA) is 81.7 Å². The van der Waals surface area contributed by atoms with Crippen molar-refractivity contribution >= 4 is 45.8 Å². The second-order valence-electron chi connectivity index (χ2n) is 7.68. The Morgan fingerprint density at radius 1 is 1.18 bits per heavy atom. The third-order valence-electron chi connectivity index (χ3n) is 5.58. The van der Waals surface area contributed by atoms with Gasteiger partial charge in [-0.05, 0) is 67.8 Å². The third-order valence-corrected chi connectivity index (χ3v) is 6.95. The largest absolute Gasteiger partial charge is 0.462 e. The van der Waals surface area contributed by atoms with Crippen molar-refractivity contribution in [2.24, 2.45) is 0 Å². The number of aryl methyl sites for hydroxylation is 1. The van der Waals surface area contributed by atoms with E-state index in [2.05, 4.69) is 5.32 Å². The Kier molecular flexibility index (Phi) is 6.54. The summed E-state index contributed by atoms with van der Waals surface area (Å²) >= 11 is 7.29. The first-order valence-corrected chi connectivity index (χ1v) is 11.7. The molecule has 2 aromatic carbocycles. The van der Waals surface area contributed by atoms with Gasteiger partial charge in [0.25, 0.3) is 5.91 Å². The van der Waals surface area contributed by atoms with Gasteiger partial charge in [0.2, 0.25) is 0 Å². The SMILES string of the molecule is CCOC(=O)c1c(NC(=O)c2ccc3c(c2)CC(c2ccc(Cl)cc2)OC3=O)sc(C)c1C. The average Bonchev–Trinajstić information content (AvgIpc) is 3.06. The molecular formula is C25H22ClNO5S. The van der Waals surface area contributed by atoms with Gasteiger partial charge in [0.1, 0.15) is 11.1 Å². The molecule has 0 saturated heterocycles. The molecule has 0 aliphatic carbocycles. The van der Waals surface area contributed by atoms with Gasteiger partial charge in [0.15, 0.2) is 0 Å². The molecule has 1 aromatic heterocycles. The zero-order chi connectivity index (χ0) is 23.7. The van der Waals surface area contributed by atoms with Crippen LogP contribution in [0.4, 0.5) is 5.00 Å². The van der Waals surface area contributed by atoms with E-state index in [-0.39, 0.29) is 12.5 Å². The van der Waals surface area contributed by atoms with Crippen LogP contribution in [0.25, 0.3) is 0 Å². The minimum atomic E-state index is -0.464. The quantitative estimate of drug-likeness (QED) is 0.457. The lowest BCUT2D eigenvalue weighted by atomic mass is 9.93. The maximum Gasteiger partial charge on any atom is 0.341 e. The fourth-order valence-corrected chi connectivity index (χ4v) is 4.91. The first-order chi connectivity index (χ1) is 15.8. The molecule has 0 saturated carbocycles. The predicted octanol–water partition coefficient (Wildman–Crippen LogP) is 5.90. The van der Waals surface area contributed by atoms with Gasteiger partial charge >= 0.3 is 11.9 Å². The second-order valence-corrected chi connectivity index (χ2v) is 9.34. The number of rotatable bonds is 5. The van der Waals surface area contributed by atoms with E-state index in [9.17, 15) is 14.4 Å². The van der Waals surface area contributed by atoms with Crippen LogP contribution >= 0.6 is 22.9 Å². The maximum atomic E-state index is 13.0. The van der Waals surface area contributed by atoms with E-state index < -0.39 is 18.0 Å². The molecule has 1 aliphatic rings. The average molecular weight is 484 g/mol. The summed E-state index contributed by atoms with van der Waals surface area (Å²) in [6.45, 7) is 5.70. The number of hydrogen-bond donors (Lipinski definition) is 1. The predicted molar refractivity (Wildman–Crippen MR) is 127 cm³/mol. The highest BCUT2D eigenvalue weighted by molar-refractivity contribution is 7.16. The maximum absolute atomic E-state index is 13.0. The molecule has 3 aromatic rings. The minimum absolute atomic E-state index is 0.246. The molecule has 33 heavy (non-hydrogen) atoms. The summed E-state index contributed by atoms with van der Waals surface area (Å²) in [5.74, 6) is -1.27. The van der Waals surface area contributed by atoms with E-state index >= 15 is 0 Å². The molecule has 1 N–H and O–H groups in total. The number of thiophene rings is 1. The Morgan fingerprint density at radius 2 is 1.91 bits per heavy atom. The summed E-state index contributed by atoms with van der Waals surface area (Å²) in [4.78, 5) is 38.9. The Hall–Kier alpha value is -3.16. The molecular weight excluding hydrogens is 462 g/mol. The van der Waals surface area contributed by atoms with Crippen molar-refractivity contribution in [3.63, 3.8) is 0 Å². The highest BCUT2D eigenvalue weighted by atomic mass is 35.5. The number of nitrogens with one attached hydrogen (secondary N) is 1. The van der Waals surface area contributed by atoms with Crippen molar-refractivity contribution in [2.45, 2.75) is 33.3 Å². The van der Waals surface area contributed by atoms with Gasteiger partial charge in [0, 0.05) is 21.9 Å². The molecule has 170 valence electrons. The van der Waals surface area contributed by atoms with Gasteiger partial charge in [0.05, 0.1) is 17.7 Å². The number of cyclic esters (lactones) is 1. The van der Waals surface area contributed by atoms with Crippen LogP contribution < -0.4 is 5.32 Å². The molecule has 6 nitrogen and oxygen atoms in total. The van der Waals surface area contributed by atoms with E-state index in [0.717, 1.165) is 21.6 Å². The number of halogens is 1. The molecule has 0 fully saturated rings. The number of benzene rings is 2. The van der Waals surface area contributed by atoms with Crippen molar-refractivity contribution in [3.05, 3.63) is 85.7 Å². The fourth-order valence-electron chi connectivity index (χ4n) is 3.74. The fraction of sp³-hybridized carbons (Fsp3) is 0.240. The van der Waals surface area contributed by atoms with Crippen LogP contribution in [0, 0.1) is 13.8 Å². The summed E-state index contributed by atoms with van der Waals surface area (Å²) in [6.07, 6.45) is -0.0200. The van der Waals surface area contributed by atoms with Crippen molar-refractivity contribution < 1.29 is 23.9 Å². The van der Waals surface area contributed by atoms with Gasteiger partial charge < -0.3 is 14.8 Å². The summed E-state index contributed by atoms with van der Waals surface area (Å²) in [7, 11) is 0. The zero-order valence-electron chi connectivity index (χ0n) is 18.4. The number of carbonyl (C=O) groups excluding carboxylic acids is 3. The standard InChI is InChI=1S/C25H22ClNO5S/c1-4-31-25(30)21-13(2)14(3)33-23(21)27-22(28)16-7-10-19-17(11-16)12-20(32-24(19)29)15-5-8-18(26)9-6-15/h5-11,20H,4,12H2,1-3H3,(H,27,28). The molecule has 1 unspecified atom stereocenters. The zero-order valence-corrected chi connectivity index (χ0v) is 19.9. The number of fused-ring (bicyclic) bond motifs is 1. The number of hydrogen-bond acceptors (Lipinski definition) is 6. The van der Waals surface area contributed by atoms with Crippen molar-refractivity contribution in [1.29, 1.82) is 0 Å². The number of carbonyl (C=O) groups is 3. The van der Waals surface area contributed by atoms with E-state index in [1.54, 1.807) is 37.3 Å². The molecule has 0 spiro atoms. The second kappa shape index (κ2) is 9.37. The van der Waals surface area contributed by atoms with Gasteiger partial charge in [-0.2, -0.15) is 0 Å². The molecule has 0 radical (unpaired) electrons. The van der Waals surface area contributed by atoms with Crippen molar-refractivity contribution in [3.8, 4) is 0 Å². The summed E-state index contributed by atoms with van der Waals surface area (Å²) < 4.78 is 10.7. The number of ether oxygens (including phenoxy) is 2. The van der Waals surface area contributed by atoms with Crippen LogP contribution in [0.3, 0.4) is 0 Å². The lowest BCUT2D eigenvalue weighted by molar-refractivity contribution is 0.0252. The summed E-state index contributed by atoms with van der Waals surface area (Å²) in [6, 6.07) is 12.0. The highest BCUT2D eigenvalue weighted by Gasteiger charge is 2.29. The minimum Gasteiger partial charge on any atom is -0.462 e. The monoisotopic (exact) mass is 483 g/mol. The normalized spacial score (nSPS) is 14.9. The Labute approximate surface area is 200 Å². The van der Waals surface area contributed by atoms with E-state index in [4.69, 9.17) is 21.1 Å². The molecule has 1 aliphatic heterocycles. The van der Waals surface area contributed by atoms with E-state index in [1.165, 1.54) is 11.3 Å². The molecule has 2 heterocycles. The lowest BCUT2D eigenvalue weighted by Crippen LogP contribution is -2.23. The van der Waals surface area contributed by atoms with Crippen molar-refractivity contribution in [2.75, 3.05) is 11.9 Å². The van der Waals surface area contributed by atoms with Crippen LogP contribution in [-0.4, -0.2) is 24.5 Å². The number of esters is 2. The van der Waals surface area contributed by atoms with Crippen molar-refractivity contribution in [1.82, 2.24) is 0 Å². The van der Waals surface area contributed by atoms with Crippen LogP contribution in [0.1, 0.15) is 65.7 Å².